The van der Waals surface area contributed by atoms with Crippen molar-refractivity contribution in [3.8, 4) is 5.75 Å². The maximum absolute atomic E-state index is 15.2. The van der Waals surface area contributed by atoms with Gasteiger partial charge in [0.25, 0.3) is 11.8 Å². The van der Waals surface area contributed by atoms with Crippen molar-refractivity contribution in [2.75, 3.05) is 20.1 Å². The molecule has 4 amide bonds. The van der Waals surface area contributed by atoms with E-state index in [2.05, 4.69) is 25.8 Å². The highest BCUT2D eigenvalue weighted by Gasteiger charge is 2.52. The van der Waals surface area contributed by atoms with Crippen LogP contribution >= 0.6 is 0 Å². The van der Waals surface area contributed by atoms with Crippen LogP contribution in [0.4, 0.5) is 8.78 Å². The number of rotatable bonds is 4. The Morgan fingerprint density at radius 2 is 1.74 bits per heavy atom. The number of pyridine rings is 1. The zero-order chi connectivity index (χ0) is 38.0. The third-order valence-electron chi connectivity index (χ3n) is 9.53. The summed E-state index contributed by atoms with van der Waals surface area (Å²) in [6.07, 6.45) is 8.44. The molecule has 13 nitrogen and oxygen atoms in total. The van der Waals surface area contributed by atoms with E-state index in [0.29, 0.717) is 30.2 Å². The summed E-state index contributed by atoms with van der Waals surface area (Å²) in [4.78, 5) is 66.3. The second-order valence-corrected chi connectivity index (χ2v) is 14.3. The van der Waals surface area contributed by atoms with Gasteiger partial charge in [-0.05, 0) is 48.9 Å². The van der Waals surface area contributed by atoms with Crippen LogP contribution in [0.5, 0.6) is 5.75 Å². The van der Waals surface area contributed by atoms with Crippen molar-refractivity contribution in [3.05, 3.63) is 71.6 Å². The Morgan fingerprint density at radius 3 is 2.49 bits per heavy atom. The summed E-state index contributed by atoms with van der Waals surface area (Å²) in [6.45, 7) is 2.97. The molecule has 53 heavy (non-hydrogen) atoms. The van der Waals surface area contributed by atoms with Crippen LogP contribution in [0.1, 0.15) is 92.9 Å². The van der Waals surface area contributed by atoms with Gasteiger partial charge in [-0.2, -0.15) is 4.98 Å². The van der Waals surface area contributed by atoms with Crippen molar-refractivity contribution in [2.45, 2.75) is 109 Å². The summed E-state index contributed by atoms with van der Waals surface area (Å²) in [6, 6.07) is 6.07. The first-order valence-electron chi connectivity index (χ1n) is 18.4. The number of amides is 4. The minimum atomic E-state index is -3.37. The molecule has 2 aliphatic heterocycles. The molecule has 2 aromatic heterocycles. The van der Waals surface area contributed by atoms with Crippen LogP contribution < -0.4 is 15.4 Å². The fourth-order valence-electron chi connectivity index (χ4n) is 6.74. The van der Waals surface area contributed by atoms with Crippen molar-refractivity contribution < 1.29 is 37.2 Å². The lowest BCUT2D eigenvalue weighted by atomic mass is 10.0. The van der Waals surface area contributed by atoms with Gasteiger partial charge in [-0.15, -0.1) is 0 Å². The molecule has 2 bridgehead atoms. The molecular weight excluding hydrogens is 688 g/mol. The number of nitrogens with one attached hydrogen (secondary N) is 2. The van der Waals surface area contributed by atoms with Gasteiger partial charge in [-0.3, -0.25) is 24.2 Å². The first-order valence-corrected chi connectivity index (χ1v) is 18.4. The largest absolute Gasteiger partial charge is 0.485 e. The molecular formula is C38H49F2N7O6. The third-order valence-corrected chi connectivity index (χ3v) is 9.53. The zero-order valence-electron chi connectivity index (χ0n) is 30.6. The Morgan fingerprint density at radius 1 is 0.981 bits per heavy atom. The van der Waals surface area contributed by atoms with Crippen LogP contribution in [0.15, 0.2) is 53.3 Å². The van der Waals surface area contributed by atoms with E-state index in [1.807, 2.05) is 13.8 Å². The van der Waals surface area contributed by atoms with E-state index < -0.39 is 60.6 Å². The molecule has 1 aromatic carbocycles. The number of carbonyl (C=O) groups is 4. The third kappa shape index (κ3) is 10.8. The molecule has 0 saturated carbocycles. The van der Waals surface area contributed by atoms with Crippen LogP contribution in [0, 0.1) is 5.92 Å². The van der Waals surface area contributed by atoms with Gasteiger partial charge in [0.15, 0.2) is 6.61 Å². The number of hydrogen-bond acceptors (Lipinski definition) is 9. The number of fused-ring (bicyclic) bond motifs is 4. The molecule has 3 aromatic rings. The number of likely N-dealkylation sites (N-methyl/N-ethyl adjacent to an activating group) is 1. The predicted molar refractivity (Wildman–Crippen MR) is 190 cm³/mol. The standard InChI is InChI=1S/C38H49F2N7O6/c1-25(2)19-28-36(50)47-24-38(39,40)21-30(47)37(51)46(3)29(20-26-13-12-17-41-22-26)35(49)42-18-11-7-5-4-6-8-16-33-44-32(45-53-33)23-52-31-15-10-9-14-27(31)34(48)43-28/h9-10,12-15,17,22,25,28-30H,4-8,11,16,18-21,23-24H2,1-3H3,(H,42,49)(H,43,48)/t28-,29+,30-/m1/s1. The van der Waals surface area contributed by atoms with Crippen molar-refractivity contribution >= 4 is 23.6 Å². The van der Waals surface area contributed by atoms with Crippen LogP contribution in [0.25, 0.3) is 0 Å². The average molecular weight is 738 g/mol. The number of nitrogens with zero attached hydrogens (tertiary/aromatic N) is 5. The summed E-state index contributed by atoms with van der Waals surface area (Å²) in [5, 5.41) is 9.65. The molecule has 1 saturated heterocycles. The van der Waals surface area contributed by atoms with E-state index >= 15 is 8.78 Å². The summed E-state index contributed by atoms with van der Waals surface area (Å²) in [5.74, 6) is -5.20. The molecule has 2 aliphatic rings. The normalized spacial score (nSPS) is 22.8. The Kier molecular flexibility index (Phi) is 13.5. The Balaban J connectivity index is 1.43. The smallest absolute Gasteiger partial charge is 0.267 e. The average Bonchev–Trinajstić information content (AvgIpc) is 3.73. The Bertz CT molecular complexity index is 1700. The maximum Gasteiger partial charge on any atom is 0.267 e. The van der Waals surface area contributed by atoms with Gasteiger partial charge in [0.1, 0.15) is 23.9 Å². The molecule has 3 atom stereocenters. The van der Waals surface area contributed by atoms with Gasteiger partial charge in [0.2, 0.25) is 29.4 Å². The van der Waals surface area contributed by atoms with E-state index in [1.54, 1.807) is 42.7 Å². The highest BCUT2D eigenvalue weighted by atomic mass is 19.3. The number of aromatic nitrogens is 3. The van der Waals surface area contributed by atoms with Gasteiger partial charge in [-0.1, -0.05) is 62.9 Å². The lowest BCUT2D eigenvalue weighted by Crippen LogP contribution is -2.57. The van der Waals surface area contributed by atoms with Gasteiger partial charge in [0, 0.05) is 45.2 Å². The van der Waals surface area contributed by atoms with Crippen LogP contribution in [0.2, 0.25) is 0 Å². The first-order chi connectivity index (χ1) is 25.4. The van der Waals surface area contributed by atoms with Crippen LogP contribution in [-0.2, 0) is 33.8 Å². The summed E-state index contributed by atoms with van der Waals surface area (Å²) in [5.41, 5.74) is 0.792. The van der Waals surface area contributed by atoms with E-state index in [1.165, 1.54) is 13.1 Å². The molecule has 0 unspecified atom stereocenters. The van der Waals surface area contributed by atoms with Crippen LogP contribution in [0.3, 0.4) is 0 Å². The number of benzene rings is 1. The maximum atomic E-state index is 15.2. The molecule has 2 N–H and O–H groups in total. The number of para-hydroxylation sites is 1. The molecule has 0 radical (unpaired) electrons. The molecule has 15 heteroatoms. The Hall–Kier alpha value is -4.95. The van der Waals surface area contributed by atoms with Gasteiger partial charge in [-0.25, -0.2) is 8.78 Å². The van der Waals surface area contributed by atoms with Crippen molar-refractivity contribution in [1.82, 2.24) is 35.6 Å². The van der Waals surface area contributed by atoms with Gasteiger partial charge >= 0.3 is 0 Å². The highest BCUT2D eigenvalue weighted by molar-refractivity contribution is 6.00. The molecule has 5 rings (SSSR count). The SMILES string of the molecule is CC(C)C[C@H]1NC(=O)c2ccccc2OCc2noc(n2)CCCCCCCCNC(=O)[C@H](Cc2cccnc2)N(C)C(=O)[C@H]2CC(F)(F)CN2C1=O. The van der Waals surface area contributed by atoms with E-state index in [-0.39, 0.29) is 36.7 Å². The lowest BCUT2D eigenvalue weighted by Gasteiger charge is -2.34. The molecule has 4 heterocycles. The first kappa shape index (κ1) is 39.3. The topological polar surface area (TPSA) is 160 Å². The van der Waals surface area contributed by atoms with Crippen molar-refractivity contribution in [1.29, 1.82) is 0 Å². The number of carbonyl (C=O) groups excluding carboxylic acids is 4. The number of halogens is 2. The van der Waals surface area contributed by atoms with E-state index in [0.717, 1.165) is 48.3 Å². The van der Waals surface area contributed by atoms with E-state index in [9.17, 15) is 19.2 Å². The predicted octanol–water partition coefficient (Wildman–Crippen LogP) is 4.51. The van der Waals surface area contributed by atoms with Crippen LogP contribution in [-0.4, -0.2) is 92.7 Å². The van der Waals surface area contributed by atoms with E-state index in [4.69, 9.17) is 9.26 Å². The minimum absolute atomic E-state index is 0.0688. The second-order valence-electron chi connectivity index (χ2n) is 14.3. The number of ether oxygens (including phenoxy) is 1. The minimum Gasteiger partial charge on any atom is -0.485 e. The molecule has 0 spiro atoms. The fraction of sp³-hybridized carbons (Fsp3) is 0.553. The lowest BCUT2D eigenvalue weighted by molar-refractivity contribution is -0.147. The molecule has 0 aliphatic carbocycles. The fourth-order valence-corrected chi connectivity index (χ4v) is 6.74. The van der Waals surface area contributed by atoms with Gasteiger partial charge in [0.05, 0.1) is 12.1 Å². The highest BCUT2D eigenvalue weighted by Crippen LogP contribution is 2.34. The zero-order valence-corrected chi connectivity index (χ0v) is 30.6. The molecule has 1 fully saturated rings. The van der Waals surface area contributed by atoms with Crippen molar-refractivity contribution in [2.24, 2.45) is 5.92 Å². The number of hydrogen-bond donors (Lipinski definition) is 2. The molecule has 286 valence electrons. The monoisotopic (exact) mass is 737 g/mol. The number of aryl methyl sites for hydroxylation is 1. The van der Waals surface area contributed by atoms with Gasteiger partial charge < -0.3 is 29.7 Å². The summed E-state index contributed by atoms with van der Waals surface area (Å²) in [7, 11) is 1.40. The second kappa shape index (κ2) is 18.2. The number of alkyl halides is 2. The summed E-state index contributed by atoms with van der Waals surface area (Å²) < 4.78 is 41.7. The Labute approximate surface area is 308 Å². The quantitative estimate of drug-likeness (QED) is 0.393. The van der Waals surface area contributed by atoms with Crippen molar-refractivity contribution in [3.63, 3.8) is 0 Å². The summed E-state index contributed by atoms with van der Waals surface area (Å²) >= 11 is 0.